The van der Waals surface area contributed by atoms with Gasteiger partial charge in [0.25, 0.3) is 0 Å². The summed E-state index contributed by atoms with van der Waals surface area (Å²) < 4.78 is 19.1. The van der Waals surface area contributed by atoms with Crippen LogP contribution in [0.4, 0.5) is 15.2 Å². The molecule has 3 aromatic rings. The first-order chi connectivity index (χ1) is 14.2. The van der Waals surface area contributed by atoms with Gasteiger partial charge >= 0.3 is 0 Å². The first-order valence-corrected chi connectivity index (χ1v) is 11.3. The van der Waals surface area contributed by atoms with E-state index >= 15 is 0 Å². The van der Waals surface area contributed by atoms with Gasteiger partial charge in [-0.2, -0.15) is 0 Å². The van der Waals surface area contributed by atoms with Crippen molar-refractivity contribution in [3.63, 3.8) is 0 Å². The molecule has 0 unspecified atom stereocenters. The molecular formula is C24H29FN2OS. The van der Waals surface area contributed by atoms with Crippen molar-refractivity contribution in [1.82, 2.24) is 4.98 Å². The van der Waals surface area contributed by atoms with Gasteiger partial charge in [0.1, 0.15) is 11.6 Å². The number of rotatable bonds is 12. The summed E-state index contributed by atoms with van der Waals surface area (Å²) in [5.41, 5.74) is 2.83. The summed E-state index contributed by atoms with van der Waals surface area (Å²) in [4.78, 5) is 4.60. The van der Waals surface area contributed by atoms with Crippen LogP contribution >= 0.6 is 11.3 Å². The largest absolute Gasteiger partial charge is 0.494 e. The van der Waals surface area contributed by atoms with Gasteiger partial charge in [-0.25, -0.2) is 9.37 Å². The Balaban J connectivity index is 1.42. The number of aromatic nitrogens is 1. The predicted molar refractivity (Wildman–Crippen MR) is 120 cm³/mol. The van der Waals surface area contributed by atoms with Gasteiger partial charge in [-0.3, -0.25) is 0 Å². The average Bonchev–Trinajstić information content (AvgIpc) is 3.15. The second kappa shape index (κ2) is 11.6. The molecule has 1 aromatic heterocycles. The molecule has 2 aromatic carbocycles. The van der Waals surface area contributed by atoms with Gasteiger partial charge in [0, 0.05) is 17.5 Å². The van der Waals surface area contributed by atoms with Crippen LogP contribution in [0.15, 0.2) is 53.9 Å². The van der Waals surface area contributed by atoms with Crippen LogP contribution in [0.2, 0.25) is 0 Å². The number of nitrogens with zero attached hydrogens (tertiary/aromatic N) is 1. The van der Waals surface area contributed by atoms with E-state index in [1.165, 1.54) is 38.2 Å². The van der Waals surface area contributed by atoms with Gasteiger partial charge in [-0.15, -0.1) is 11.3 Å². The molecule has 0 saturated carbocycles. The van der Waals surface area contributed by atoms with E-state index in [1.807, 2.05) is 35.7 Å². The van der Waals surface area contributed by atoms with E-state index in [2.05, 4.69) is 17.2 Å². The maximum absolute atomic E-state index is 13.3. The molecule has 0 spiro atoms. The minimum absolute atomic E-state index is 0.213. The van der Waals surface area contributed by atoms with Crippen LogP contribution in [0.3, 0.4) is 0 Å². The van der Waals surface area contributed by atoms with Crippen molar-refractivity contribution in [2.75, 3.05) is 11.9 Å². The van der Waals surface area contributed by atoms with Crippen molar-refractivity contribution in [1.29, 1.82) is 0 Å². The molecule has 0 radical (unpaired) electrons. The van der Waals surface area contributed by atoms with E-state index in [9.17, 15) is 4.39 Å². The smallest absolute Gasteiger partial charge is 0.187 e. The minimum atomic E-state index is -0.213. The van der Waals surface area contributed by atoms with Crippen molar-refractivity contribution >= 4 is 22.2 Å². The number of unbranched alkanes of at least 4 members (excludes halogenated alkanes) is 5. The summed E-state index contributed by atoms with van der Waals surface area (Å²) in [5, 5.41) is 6.16. The second-order valence-electron chi connectivity index (χ2n) is 7.22. The lowest BCUT2D eigenvalue weighted by atomic mass is 10.1. The molecule has 1 N–H and O–H groups in total. The fraction of sp³-hybridized carbons (Fsp3) is 0.375. The number of hydrogen-bond acceptors (Lipinski definition) is 4. The highest BCUT2D eigenvalue weighted by atomic mass is 32.1. The van der Waals surface area contributed by atoms with Crippen molar-refractivity contribution in [3.8, 4) is 5.75 Å². The topological polar surface area (TPSA) is 34.1 Å². The first kappa shape index (κ1) is 21.3. The quantitative estimate of drug-likeness (QED) is 0.316. The number of ether oxygens (including phenoxy) is 1. The van der Waals surface area contributed by atoms with Crippen LogP contribution in [0.5, 0.6) is 5.75 Å². The zero-order valence-corrected chi connectivity index (χ0v) is 17.8. The third-order valence-electron chi connectivity index (χ3n) is 4.70. The number of benzene rings is 2. The van der Waals surface area contributed by atoms with Crippen LogP contribution in [-0.4, -0.2) is 11.6 Å². The maximum Gasteiger partial charge on any atom is 0.187 e. The van der Waals surface area contributed by atoms with Crippen molar-refractivity contribution < 1.29 is 9.13 Å². The third kappa shape index (κ3) is 7.50. The molecule has 29 heavy (non-hydrogen) atoms. The molecule has 0 aliphatic carbocycles. The van der Waals surface area contributed by atoms with E-state index in [-0.39, 0.29) is 5.82 Å². The fourth-order valence-corrected chi connectivity index (χ4v) is 3.86. The van der Waals surface area contributed by atoms with E-state index < -0.39 is 0 Å². The Labute approximate surface area is 177 Å². The molecule has 3 rings (SSSR count). The molecular weight excluding hydrogens is 383 g/mol. The number of halogens is 1. The number of hydrogen-bond donors (Lipinski definition) is 1. The fourth-order valence-electron chi connectivity index (χ4n) is 3.13. The van der Waals surface area contributed by atoms with Crippen molar-refractivity contribution in [3.05, 3.63) is 71.0 Å². The van der Waals surface area contributed by atoms with Gasteiger partial charge in [0.2, 0.25) is 0 Å². The molecule has 0 aliphatic rings. The van der Waals surface area contributed by atoms with Crippen molar-refractivity contribution in [2.45, 2.75) is 51.9 Å². The minimum Gasteiger partial charge on any atom is -0.494 e. The summed E-state index contributed by atoms with van der Waals surface area (Å²) in [5.74, 6) is 0.685. The van der Waals surface area contributed by atoms with E-state index in [0.717, 1.165) is 40.9 Å². The summed E-state index contributed by atoms with van der Waals surface area (Å²) in [6.07, 6.45) is 8.22. The average molecular weight is 413 g/mol. The van der Waals surface area contributed by atoms with Crippen LogP contribution in [0.1, 0.15) is 56.7 Å². The van der Waals surface area contributed by atoms with Crippen LogP contribution in [0, 0.1) is 5.82 Å². The van der Waals surface area contributed by atoms with Crippen molar-refractivity contribution in [2.24, 2.45) is 0 Å². The Morgan fingerprint density at radius 2 is 1.79 bits per heavy atom. The highest BCUT2D eigenvalue weighted by molar-refractivity contribution is 7.13. The predicted octanol–water partition coefficient (Wildman–Crippen LogP) is 7.36. The van der Waals surface area contributed by atoms with Gasteiger partial charge < -0.3 is 10.1 Å². The van der Waals surface area contributed by atoms with E-state index in [4.69, 9.17) is 4.74 Å². The molecule has 0 bridgehead atoms. The third-order valence-corrected chi connectivity index (χ3v) is 5.50. The standard InChI is InChI=1S/C24H29FN2OS/c1-2-3-4-5-6-7-15-28-23-13-11-21(12-14-23)26-24-27-22(18-29-24)17-19-9-8-10-20(25)16-19/h8-14,16,18H,2-7,15,17H2,1H3,(H,26,27). The lowest BCUT2D eigenvalue weighted by Crippen LogP contribution is -1.97. The molecule has 3 nitrogen and oxygen atoms in total. The highest BCUT2D eigenvalue weighted by Crippen LogP contribution is 2.24. The molecule has 0 fully saturated rings. The van der Waals surface area contributed by atoms with E-state index in [0.29, 0.717) is 6.42 Å². The van der Waals surface area contributed by atoms with Gasteiger partial charge in [-0.05, 0) is 48.4 Å². The first-order valence-electron chi connectivity index (χ1n) is 10.4. The SMILES string of the molecule is CCCCCCCCOc1ccc(Nc2nc(Cc3cccc(F)c3)cs2)cc1. The van der Waals surface area contributed by atoms with E-state index in [1.54, 1.807) is 23.5 Å². The highest BCUT2D eigenvalue weighted by Gasteiger charge is 2.05. The molecule has 5 heteroatoms. The zero-order valence-electron chi connectivity index (χ0n) is 17.0. The normalized spacial score (nSPS) is 10.8. The Bertz CT molecular complexity index is 863. The zero-order chi connectivity index (χ0) is 20.3. The number of anilines is 2. The van der Waals surface area contributed by atoms with Crippen LogP contribution in [-0.2, 0) is 6.42 Å². The maximum atomic E-state index is 13.3. The Morgan fingerprint density at radius 3 is 2.59 bits per heavy atom. The summed E-state index contributed by atoms with van der Waals surface area (Å²) in [7, 11) is 0. The summed E-state index contributed by atoms with van der Waals surface area (Å²) in [6.45, 7) is 3.01. The second-order valence-corrected chi connectivity index (χ2v) is 8.07. The van der Waals surface area contributed by atoms with Crippen LogP contribution < -0.4 is 10.1 Å². The molecule has 154 valence electrons. The Morgan fingerprint density at radius 1 is 1.00 bits per heavy atom. The summed E-state index contributed by atoms with van der Waals surface area (Å²) >= 11 is 1.55. The Kier molecular flexibility index (Phi) is 8.50. The molecule has 1 heterocycles. The number of nitrogens with one attached hydrogen (secondary N) is 1. The van der Waals surface area contributed by atoms with Gasteiger partial charge in [-0.1, -0.05) is 51.2 Å². The van der Waals surface area contributed by atoms with Gasteiger partial charge in [0.05, 0.1) is 12.3 Å². The monoisotopic (exact) mass is 412 g/mol. The molecule has 0 aliphatic heterocycles. The van der Waals surface area contributed by atoms with Crippen LogP contribution in [0.25, 0.3) is 0 Å². The molecule has 0 atom stereocenters. The molecule has 0 saturated heterocycles. The Hall–Kier alpha value is -2.40. The lowest BCUT2D eigenvalue weighted by molar-refractivity contribution is 0.304. The van der Waals surface area contributed by atoms with Gasteiger partial charge in [0.15, 0.2) is 5.13 Å². The summed E-state index contributed by atoms with van der Waals surface area (Å²) in [6, 6.07) is 14.6. The number of thiazole rings is 1. The molecule has 0 amide bonds. The lowest BCUT2D eigenvalue weighted by Gasteiger charge is -2.08.